The second kappa shape index (κ2) is 19.1. The molecule has 0 spiro atoms. The Morgan fingerprint density at radius 1 is 1.25 bits per heavy atom. The number of nitrogens with zero attached hydrogens (tertiary/aromatic N) is 1. The highest BCUT2D eigenvalue weighted by atomic mass is 32.2. The van der Waals surface area contributed by atoms with E-state index >= 15 is 0 Å². The van der Waals surface area contributed by atoms with Gasteiger partial charge in [0, 0.05) is 24.6 Å². The molecule has 44 heavy (non-hydrogen) atoms. The molecule has 1 aromatic rings. The summed E-state index contributed by atoms with van der Waals surface area (Å²) in [5.41, 5.74) is 7.90. The van der Waals surface area contributed by atoms with Crippen LogP contribution >= 0.6 is 11.8 Å². The van der Waals surface area contributed by atoms with Crippen molar-refractivity contribution in [1.82, 2.24) is 10.2 Å². The summed E-state index contributed by atoms with van der Waals surface area (Å²) in [7, 11) is 4.06. The summed E-state index contributed by atoms with van der Waals surface area (Å²) in [6.45, 7) is 15.6. The number of rotatable bonds is 17. The van der Waals surface area contributed by atoms with Crippen molar-refractivity contribution < 1.29 is 9.90 Å². The highest BCUT2D eigenvalue weighted by Crippen LogP contribution is 2.41. The van der Waals surface area contributed by atoms with E-state index in [0.717, 1.165) is 40.8 Å². The standard InChI is InChI=1S/C39H52N2O2S/c1-9-11-14-17-31(4)37(20-12-10-2)32(5)39(43,23-25-41(6)7)29-36(33-18-15-13-16-19-33)28-35-27-34(21-24-40-38(35)42)30(3)22-26-44-8/h10-13,15-22,26-27,32,36,43H,2-3,9,23-25,28-29H2,1,4-8H3,(H,40,42)/b20-12-,26-22-,37-31-. The summed E-state index contributed by atoms with van der Waals surface area (Å²) in [5.74, 6) is -0.382. The van der Waals surface area contributed by atoms with Crippen molar-refractivity contribution in [3.8, 4) is 0 Å². The highest BCUT2D eigenvalue weighted by Gasteiger charge is 2.39. The second-order valence-electron chi connectivity index (χ2n) is 11.7. The number of carbonyl (C=O) groups is 1. The molecule has 0 saturated heterocycles. The van der Waals surface area contributed by atoms with Gasteiger partial charge in [-0.1, -0.05) is 81.6 Å². The molecule has 4 nitrogen and oxygen atoms in total. The molecule has 0 fully saturated rings. The van der Waals surface area contributed by atoms with Gasteiger partial charge in [-0.25, -0.2) is 0 Å². The van der Waals surface area contributed by atoms with Gasteiger partial charge in [-0.2, -0.15) is 0 Å². The van der Waals surface area contributed by atoms with E-state index < -0.39 is 5.60 Å². The lowest BCUT2D eigenvalue weighted by molar-refractivity contribution is -0.117. The molecule has 5 heteroatoms. The van der Waals surface area contributed by atoms with E-state index in [4.69, 9.17) is 0 Å². The van der Waals surface area contributed by atoms with Gasteiger partial charge in [0.1, 0.15) is 0 Å². The maximum Gasteiger partial charge on any atom is 0.247 e. The Kier molecular flexibility index (Phi) is 16.0. The molecule has 0 bridgehead atoms. The summed E-state index contributed by atoms with van der Waals surface area (Å²) >= 11 is 1.61. The zero-order chi connectivity index (χ0) is 32.5. The first-order valence-electron chi connectivity index (χ1n) is 15.5. The van der Waals surface area contributed by atoms with Gasteiger partial charge in [0.25, 0.3) is 0 Å². The van der Waals surface area contributed by atoms with Gasteiger partial charge in [0.15, 0.2) is 0 Å². The molecule has 0 radical (unpaired) electrons. The third kappa shape index (κ3) is 11.6. The zero-order valence-corrected chi connectivity index (χ0v) is 28.4. The summed E-state index contributed by atoms with van der Waals surface area (Å²) in [6, 6.07) is 10.3. The first-order valence-corrected chi connectivity index (χ1v) is 16.7. The van der Waals surface area contributed by atoms with Crippen LogP contribution in [0.15, 0.2) is 131 Å². The fraction of sp³-hybridized carbons (Fsp3) is 0.385. The molecule has 236 valence electrons. The first kappa shape index (κ1) is 36.8. The number of hydrogen-bond acceptors (Lipinski definition) is 4. The Morgan fingerprint density at radius 3 is 2.61 bits per heavy atom. The Bertz CT molecular complexity index is 1340. The predicted octanol–water partition coefficient (Wildman–Crippen LogP) is 8.46. The smallest absolute Gasteiger partial charge is 0.247 e. The van der Waals surface area contributed by atoms with Crippen LogP contribution in [0.1, 0.15) is 57.9 Å². The minimum atomic E-state index is -1.07. The van der Waals surface area contributed by atoms with Crippen molar-refractivity contribution in [3.05, 3.63) is 137 Å². The van der Waals surface area contributed by atoms with Crippen molar-refractivity contribution in [3.63, 3.8) is 0 Å². The topological polar surface area (TPSA) is 52.6 Å². The largest absolute Gasteiger partial charge is 0.389 e. The molecular formula is C39H52N2O2S. The number of amides is 1. The maximum absolute atomic E-state index is 13.3. The van der Waals surface area contributed by atoms with E-state index in [-0.39, 0.29) is 17.7 Å². The van der Waals surface area contributed by atoms with Crippen LogP contribution in [0.4, 0.5) is 0 Å². The molecule has 3 atom stereocenters. The Balaban J connectivity index is 2.65. The minimum absolute atomic E-state index is 0.0816. The van der Waals surface area contributed by atoms with Crippen LogP contribution in [0.25, 0.3) is 0 Å². The number of hydrogen-bond donors (Lipinski definition) is 2. The van der Waals surface area contributed by atoms with E-state index in [1.165, 1.54) is 0 Å². The summed E-state index contributed by atoms with van der Waals surface area (Å²) in [4.78, 5) is 15.5. The minimum Gasteiger partial charge on any atom is -0.389 e. The predicted molar refractivity (Wildman–Crippen MR) is 192 cm³/mol. The summed E-state index contributed by atoms with van der Waals surface area (Å²) in [6.07, 6.45) is 20.2. The summed E-state index contributed by atoms with van der Waals surface area (Å²) < 4.78 is 0. The Hall–Kier alpha value is -3.34. The Morgan fingerprint density at radius 2 is 1.98 bits per heavy atom. The van der Waals surface area contributed by atoms with E-state index in [1.54, 1.807) is 17.8 Å². The molecule has 0 saturated carbocycles. The zero-order valence-electron chi connectivity index (χ0n) is 27.6. The molecule has 1 amide bonds. The van der Waals surface area contributed by atoms with E-state index in [1.807, 2.05) is 80.4 Å². The maximum atomic E-state index is 13.3. The molecule has 2 N–H and O–H groups in total. The number of nitrogens with one attached hydrogen (secondary N) is 1. The lowest BCUT2D eigenvalue weighted by atomic mass is 9.71. The van der Waals surface area contributed by atoms with Gasteiger partial charge in [-0.15, -0.1) is 17.5 Å². The molecule has 2 rings (SSSR count). The lowest BCUT2D eigenvalue weighted by Gasteiger charge is -2.39. The van der Waals surface area contributed by atoms with Gasteiger partial charge in [-0.3, -0.25) is 4.79 Å². The molecule has 1 aromatic carbocycles. The van der Waals surface area contributed by atoms with Crippen molar-refractivity contribution in [2.75, 3.05) is 33.4 Å². The molecule has 3 unspecified atom stereocenters. The fourth-order valence-corrected chi connectivity index (χ4v) is 5.70. The molecule has 1 heterocycles. The number of thioether (sulfide) groups is 1. The molecule has 1 aliphatic heterocycles. The lowest BCUT2D eigenvalue weighted by Crippen LogP contribution is -2.42. The van der Waals surface area contributed by atoms with Crippen molar-refractivity contribution in [2.45, 2.75) is 58.0 Å². The van der Waals surface area contributed by atoms with Gasteiger partial charge in [-0.05, 0) is 116 Å². The van der Waals surface area contributed by atoms with Crippen LogP contribution in [-0.2, 0) is 4.79 Å². The fourth-order valence-electron chi connectivity index (χ4n) is 5.40. The van der Waals surface area contributed by atoms with Gasteiger partial charge in [0.2, 0.25) is 5.91 Å². The van der Waals surface area contributed by atoms with Crippen LogP contribution in [-0.4, -0.2) is 55.0 Å². The van der Waals surface area contributed by atoms with Gasteiger partial charge < -0.3 is 15.3 Å². The van der Waals surface area contributed by atoms with Crippen LogP contribution < -0.4 is 5.32 Å². The molecular weight excluding hydrogens is 561 g/mol. The highest BCUT2D eigenvalue weighted by molar-refractivity contribution is 8.01. The van der Waals surface area contributed by atoms with Crippen LogP contribution in [0.5, 0.6) is 0 Å². The number of allylic oxidation sites excluding steroid dienone is 9. The van der Waals surface area contributed by atoms with Gasteiger partial charge >= 0.3 is 0 Å². The average molecular weight is 613 g/mol. The van der Waals surface area contributed by atoms with Crippen LogP contribution in [0.2, 0.25) is 0 Å². The normalized spacial score (nSPS) is 17.0. The second-order valence-corrected chi connectivity index (χ2v) is 12.4. The van der Waals surface area contributed by atoms with E-state index in [0.29, 0.717) is 31.4 Å². The third-order valence-corrected chi connectivity index (χ3v) is 8.48. The Labute approximate surface area is 271 Å². The molecule has 1 aliphatic rings. The number of carbonyl (C=O) groups excluding carboxylic acids is 1. The van der Waals surface area contributed by atoms with Crippen molar-refractivity contribution in [2.24, 2.45) is 5.92 Å². The quantitative estimate of drug-likeness (QED) is 0.137. The van der Waals surface area contributed by atoms with E-state index in [9.17, 15) is 9.90 Å². The van der Waals surface area contributed by atoms with Crippen LogP contribution in [0, 0.1) is 5.92 Å². The van der Waals surface area contributed by atoms with E-state index in [2.05, 4.69) is 68.1 Å². The van der Waals surface area contributed by atoms with Crippen molar-refractivity contribution in [1.29, 1.82) is 0 Å². The van der Waals surface area contributed by atoms with Crippen molar-refractivity contribution >= 4 is 17.7 Å². The third-order valence-electron chi connectivity index (χ3n) is 8.07. The molecule has 0 aromatic heterocycles. The number of aliphatic hydroxyl groups is 1. The molecule has 0 aliphatic carbocycles. The van der Waals surface area contributed by atoms with Crippen LogP contribution in [0.3, 0.4) is 0 Å². The number of benzene rings is 1. The van der Waals surface area contributed by atoms with Gasteiger partial charge in [0.05, 0.1) is 5.60 Å². The first-order chi connectivity index (χ1) is 21.1. The average Bonchev–Trinajstić information content (AvgIpc) is 3.20. The monoisotopic (exact) mass is 612 g/mol. The summed E-state index contributed by atoms with van der Waals surface area (Å²) in [5, 5.41) is 17.8. The SMILES string of the molecule is C=C/C=C\C(=C(/C)C=C=CCC)C(C)C(O)(CCN(C)C)CC(CC1=CC(C(=C)/C=C\SC)=CCNC1=O)c1ccccc1.